The Labute approximate surface area is 134 Å². The maximum atomic E-state index is 13.1. The number of benzene rings is 1. The molecule has 1 fully saturated rings. The van der Waals surface area contributed by atoms with Gasteiger partial charge >= 0.3 is 0 Å². The molecule has 0 spiro atoms. The molecule has 0 aliphatic carbocycles. The van der Waals surface area contributed by atoms with Gasteiger partial charge in [-0.25, -0.2) is 12.8 Å². The number of halogens is 1. The van der Waals surface area contributed by atoms with Crippen molar-refractivity contribution in [3.63, 3.8) is 0 Å². The number of hydrogen-bond acceptors (Lipinski definition) is 4. The van der Waals surface area contributed by atoms with E-state index < -0.39 is 38.9 Å². The first-order valence-corrected chi connectivity index (χ1v) is 9.01. The highest BCUT2D eigenvalue weighted by Gasteiger charge is 2.39. The number of nitrogens with one attached hydrogen (secondary N) is 2. The second kappa shape index (κ2) is 6.27. The first-order chi connectivity index (χ1) is 10.6. The highest BCUT2D eigenvalue weighted by Crippen LogP contribution is 2.21. The first kappa shape index (κ1) is 17.4. The molecule has 1 heterocycles. The third kappa shape index (κ3) is 4.28. The molecule has 1 saturated heterocycles. The third-order valence-corrected chi connectivity index (χ3v) is 5.55. The molecule has 2 amide bonds. The maximum absolute atomic E-state index is 13.1. The molecule has 1 aliphatic heterocycles. The number of anilines is 1. The largest absolute Gasteiger partial charge is 0.351 e. The summed E-state index contributed by atoms with van der Waals surface area (Å²) >= 11 is 0. The van der Waals surface area contributed by atoms with E-state index in [1.165, 1.54) is 32.0 Å². The molecule has 1 aliphatic rings. The van der Waals surface area contributed by atoms with E-state index in [0.29, 0.717) is 6.42 Å². The van der Waals surface area contributed by atoms with Gasteiger partial charge in [0, 0.05) is 11.7 Å². The summed E-state index contributed by atoms with van der Waals surface area (Å²) in [5.74, 6) is -1.73. The van der Waals surface area contributed by atoms with Crippen molar-refractivity contribution in [2.75, 3.05) is 16.8 Å². The lowest BCUT2D eigenvalue weighted by molar-refractivity contribution is -0.138. The van der Waals surface area contributed by atoms with E-state index in [1.807, 2.05) is 0 Å². The second-order valence-corrected chi connectivity index (χ2v) is 8.39. The highest BCUT2D eigenvalue weighted by molar-refractivity contribution is 7.91. The Hall–Kier alpha value is -1.96. The van der Waals surface area contributed by atoms with Crippen LogP contribution in [0.15, 0.2) is 24.3 Å². The van der Waals surface area contributed by atoms with Gasteiger partial charge in [-0.05, 0) is 38.5 Å². The topological polar surface area (TPSA) is 92.3 Å². The van der Waals surface area contributed by atoms with E-state index in [4.69, 9.17) is 0 Å². The van der Waals surface area contributed by atoms with E-state index in [1.54, 1.807) is 0 Å². The monoisotopic (exact) mass is 342 g/mol. The maximum Gasteiger partial charge on any atom is 0.239 e. The van der Waals surface area contributed by atoms with E-state index in [-0.39, 0.29) is 17.2 Å². The van der Waals surface area contributed by atoms with Gasteiger partial charge in [0.25, 0.3) is 0 Å². The molecular formula is C15H19FN2O4S. The summed E-state index contributed by atoms with van der Waals surface area (Å²) in [5, 5.41) is 5.09. The Kier molecular flexibility index (Phi) is 4.74. The Morgan fingerprint density at radius 2 is 1.96 bits per heavy atom. The van der Waals surface area contributed by atoms with Gasteiger partial charge in [-0.15, -0.1) is 0 Å². The van der Waals surface area contributed by atoms with Gasteiger partial charge in [-0.1, -0.05) is 6.07 Å². The summed E-state index contributed by atoms with van der Waals surface area (Å²) in [5.41, 5.74) is -1.17. The minimum atomic E-state index is -3.12. The number of carbonyl (C=O) groups excluding carboxylic acids is 2. The Morgan fingerprint density at radius 3 is 2.52 bits per heavy atom. The van der Waals surface area contributed by atoms with Crippen LogP contribution in [0.3, 0.4) is 0 Å². The fraction of sp³-hybridized carbons (Fsp3) is 0.467. The quantitative estimate of drug-likeness (QED) is 0.801. The lowest BCUT2D eigenvalue weighted by atomic mass is 9.90. The molecule has 0 saturated carbocycles. The average Bonchev–Trinajstić information content (AvgIpc) is 2.77. The molecule has 23 heavy (non-hydrogen) atoms. The minimum absolute atomic E-state index is 0.0356. The smallest absolute Gasteiger partial charge is 0.239 e. The fourth-order valence-corrected chi connectivity index (χ4v) is 3.90. The van der Waals surface area contributed by atoms with Gasteiger partial charge < -0.3 is 10.6 Å². The van der Waals surface area contributed by atoms with Crippen LogP contribution in [0.2, 0.25) is 0 Å². The van der Waals surface area contributed by atoms with E-state index in [0.717, 1.165) is 6.07 Å². The van der Waals surface area contributed by atoms with Crippen molar-refractivity contribution in [3.05, 3.63) is 30.1 Å². The number of carbonyl (C=O) groups is 2. The zero-order valence-corrected chi connectivity index (χ0v) is 13.7. The van der Waals surface area contributed by atoms with E-state index in [9.17, 15) is 22.4 Å². The summed E-state index contributed by atoms with van der Waals surface area (Å²) < 4.78 is 36.0. The molecule has 1 atom stereocenters. The summed E-state index contributed by atoms with van der Waals surface area (Å²) in [6.07, 6.45) is 0.343. The van der Waals surface area contributed by atoms with Crippen LogP contribution in [0.4, 0.5) is 10.1 Å². The van der Waals surface area contributed by atoms with Crippen LogP contribution in [0.1, 0.15) is 20.3 Å². The standard InChI is InChI=1S/C15H19FN2O4S/c1-15(2,13(19)17-11-5-3-4-10(16)8-11)14(20)18-12-6-7-23(21,22)9-12/h3-5,8,12H,6-7,9H2,1-2H3,(H,17,19)(H,18,20). The van der Waals surface area contributed by atoms with Crippen molar-refractivity contribution in [2.24, 2.45) is 5.41 Å². The van der Waals surface area contributed by atoms with Crippen LogP contribution in [0.5, 0.6) is 0 Å². The molecule has 1 aromatic rings. The Morgan fingerprint density at radius 1 is 1.26 bits per heavy atom. The predicted molar refractivity (Wildman–Crippen MR) is 84.0 cm³/mol. The molecular weight excluding hydrogens is 323 g/mol. The summed E-state index contributed by atoms with van der Waals surface area (Å²) in [6.45, 7) is 2.86. The van der Waals surface area contributed by atoms with Crippen molar-refractivity contribution in [1.82, 2.24) is 5.32 Å². The van der Waals surface area contributed by atoms with E-state index in [2.05, 4.69) is 10.6 Å². The second-order valence-electron chi connectivity index (χ2n) is 6.16. The van der Waals surface area contributed by atoms with Crippen LogP contribution >= 0.6 is 0 Å². The molecule has 6 nitrogen and oxygen atoms in total. The molecule has 0 aromatic heterocycles. The number of sulfone groups is 1. The SMILES string of the molecule is CC(C)(C(=O)Nc1cccc(F)c1)C(=O)NC1CCS(=O)(=O)C1. The lowest BCUT2D eigenvalue weighted by Crippen LogP contribution is -2.48. The molecule has 1 aromatic carbocycles. The van der Waals surface area contributed by atoms with Crippen molar-refractivity contribution in [2.45, 2.75) is 26.3 Å². The Bertz CT molecular complexity index is 731. The van der Waals surface area contributed by atoms with Gasteiger partial charge in [-0.3, -0.25) is 9.59 Å². The molecule has 126 valence electrons. The van der Waals surface area contributed by atoms with Crippen molar-refractivity contribution in [1.29, 1.82) is 0 Å². The zero-order chi connectivity index (χ0) is 17.3. The summed E-state index contributed by atoms with van der Waals surface area (Å²) in [4.78, 5) is 24.6. The highest BCUT2D eigenvalue weighted by atomic mass is 32.2. The molecule has 8 heteroatoms. The summed E-state index contributed by atoms with van der Waals surface area (Å²) in [6, 6.07) is 4.87. The average molecular weight is 342 g/mol. The van der Waals surface area contributed by atoms with Crippen LogP contribution < -0.4 is 10.6 Å². The minimum Gasteiger partial charge on any atom is -0.351 e. The molecule has 2 rings (SSSR count). The van der Waals surface area contributed by atoms with Gasteiger partial charge in [0.15, 0.2) is 9.84 Å². The van der Waals surface area contributed by atoms with Crippen LogP contribution in [-0.4, -0.2) is 37.8 Å². The first-order valence-electron chi connectivity index (χ1n) is 7.18. The van der Waals surface area contributed by atoms with Crippen LogP contribution in [-0.2, 0) is 19.4 Å². The fourth-order valence-electron chi connectivity index (χ4n) is 2.23. The molecule has 1 unspecified atom stereocenters. The van der Waals surface area contributed by atoms with Gasteiger partial charge in [0.2, 0.25) is 11.8 Å². The number of rotatable bonds is 4. The molecule has 0 radical (unpaired) electrons. The van der Waals surface area contributed by atoms with Crippen molar-refractivity contribution >= 4 is 27.3 Å². The summed E-state index contributed by atoms with van der Waals surface area (Å²) in [7, 11) is -3.12. The van der Waals surface area contributed by atoms with E-state index >= 15 is 0 Å². The van der Waals surface area contributed by atoms with Crippen molar-refractivity contribution < 1.29 is 22.4 Å². The molecule has 0 bridgehead atoms. The van der Waals surface area contributed by atoms with Crippen molar-refractivity contribution in [3.8, 4) is 0 Å². The van der Waals surface area contributed by atoms with Gasteiger partial charge in [0.1, 0.15) is 11.2 Å². The van der Waals surface area contributed by atoms with Crippen LogP contribution in [0, 0.1) is 11.2 Å². The Balaban J connectivity index is 2.01. The normalized spacial score (nSPS) is 20.0. The van der Waals surface area contributed by atoms with Crippen LogP contribution in [0.25, 0.3) is 0 Å². The predicted octanol–water partition coefficient (Wildman–Crippen LogP) is 1.09. The zero-order valence-electron chi connectivity index (χ0n) is 12.9. The molecule has 2 N–H and O–H groups in total. The lowest BCUT2D eigenvalue weighted by Gasteiger charge is -2.24. The number of hydrogen-bond donors (Lipinski definition) is 2. The van der Waals surface area contributed by atoms with Gasteiger partial charge in [0.05, 0.1) is 11.5 Å². The number of amides is 2. The van der Waals surface area contributed by atoms with Gasteiger partial charge in [-0.2, -0.15) is 0 Å². The third-order valence-electron chi connectivity index (χ3n) is 3.79.